The van der Waals surface area contributed by atoms with E-state index in [-0.39, 0.29) is 10.6 Å². The minimum atomic E-state index is -1.01. The summed E-state index contributed by atoms with van der Waals surface area (Å²) in [4.78, 5) is 13.4. The molecule has 0 aliphatic heterocycles. The fourth-order valence-electron chi connectivity index (χ4n) is 1.72. The molecule has 0 radical (unpaired) electrons. The fourth-order valence-corrected chi connectivity index (χ4v) is 2.98. The van der Waals surface area contributed by atoms with Crippen LogP contribution in [-0.2, 0) is 6.54 Å². The fraction of sp³-hybridized carbons (Fsp3) is 0.214. The molecule has 0 aliphatic carbocycles. The van der Waals surface area contributed by atoms with Gasteiger partial charge in [0.2, 0.25) is 0 Å². The first-order valence-corrected chi connectivity index (χ1v) is 6.99. The van der Waals surface area contributed by atoms with Crippen LogP contribution in [0.25, 0.3) is 0 Å². The van der Waals surface area contributed by atoms with E-state index in [1.165, 1.54) is 21.4 Å². The molecule has 19 heavy (non-hydrogen) atoms. The lowest BCUT2D eigenvalue weighted by Gasteiger charge is -2.06. The third-order valence-electron chi connectivity index (χ3n) is 2.88. The first-order valence-electron chi connectivity index (χ1n) is 5.80. The maximum atomic E-state index is 10.8. The van der Waals surface area contributed by atoms with Gasteiger partial charge in [-0.05, 0) is 43.7 Å². The van der Waals surface area contributed by atoms with Gasteiger partial charge in [-0.1, -0.05) is 11.6 Å². The lowest BCUT2D eigenvalue weighted by molar-refractivity contribution is 0.0697. The zero-order valence-electron chi connectivity index (χ0n) is 10.7. The normalized spacial score (nSPS) is 10.5. The molecule has 0 amide bonds. The van der Waals surface area contributed by atoms with E-state index in [2.05, 4.69) is 25.2 Å². The third-order valence-corrected chi connectivity index (χ3v) is 4.35. The molecule has 2 N–H and O–H groups in total. The Bertz CT molecular complexity index is 602. The average molecular weight is 296 g/mol. The number of aryl methyl sites for hydroxylation is 2. The predicted octanol–water partition coefficient (Wildman–Crippen LogP) is 4.33. The van der Waals surface area contributed by atoms with Crippen LogP contribution in [0, 0.1) is 13.8 Å². The molecule has 1 aromatic heterocycles. The Balaban J connectivity index is 2.08. The molecule has 0 saturated heterocycles. The van der Waals surface area contributed by atoms with Crippen molar-refractivity contribution in [1.29, 1.82) is 0 Å². The van der Waals surface area contributed by atoms with Crippen molar-refractivity contribution in [2.75, 3.05) is 5.32 Å². The minimum absolute atomic E-state index is 0.120. The molecule has 0 aliphatic rings. The highest BCUT2D eigenvalue weighted by atomic mass is 35.5. The van der Waals surface area contributed by atoms with E-state index < -0.39 is 5.97 Å². The van der Waals surface area contributed by atoms with Crippen molar-refractivity contribution >= 4 is 34.6 Å². The number of halogens is 1. The van der Waals surface area contributed by atoms with E-state index in [0.717, 1.165) is 5.69 Å². The SMILES string of the molecule is Cc1cc(CNc2ccc(C(=O)O)c(Cl)c2)sc1C. The quantitative estimate of drug-likeness (QED) is 0.882. The van der Waals surface area contributed by atoms with Crippen LogP contribution in [0.15, 0.2) is 24.3 Å². The Labute approximate surface area is 120 Å². The Hall–Kier alpha value is -1.52. The van der Waals surface area contributed by atoms with Crippen LogP contribution in [0.5, 0.6) is 0 Å². The lowest BCUT2D eigenvalue weighted by atomic mass is 10.2. The van der Waals surface area contributed by atoms with E-state index in [4.69, 9.17) is 16.7 Å². The summed E-state index contributed by atoms with van der Waals surface area (Å²) in [7, 11) is 0. The van der Waals surface area contributed by atoms with E-state index in [1.54, 1.807) is 23.5 Å². The van der Waals surface area contributed by atoms with Crippen molar-refractivity contribution in [1.82, 2.24) is 0 Å². The largest absolute Gasteiger partial charge is 0.478 e. The highest BCUT2D eigenvalue weighted by Crippen LogP contribution is 2.24. The zero-order valence-corrected chi connectivity index (χ0v) is 12.2. The van der Waals surface area contributed by atoms with Gasteiger partial charge >= 0.3 is 5.97 Å². The van der Waals surface area contributed by atoms with E-state index in [9.17, 15) is 4.79 Å². The Morgan fingerprint density at radius 3 is 2.63 bits per heavy atom. The standard InChI is InChI=1S/C14H14ClNO2S/c1-8-5-11(19-9(8)2)7-16-10-3-4-12(14(17)18)13(15)6-10/h3-6,16H,7H2,1-2H3,(H,17,18). The van der Waals surface area contributed by atoms with Crippen molar-refractivity contribution in [2.24, 2.45) is 0 Å². The number of hydrogen-bond donors (Lipinski definition) is 2. The number of anilines is 1. The average Bonchev–Trinajstić information content (AvgIpc) is 2.66. The van der Waals surface area contributed by atoms with E-state index in [0.29, 0.717) is 6.54 Å². The summed E-state index contributed by atoms with van der Waals surface area (Å²) >= 11 is 7.67. The molecule has 0 fully saturated rings. The molecule has 2 aromatic rings. The van der Waals surface area contributed by atoms with Gasteiger partial charge in [-0.2, -0.15) is 0 Å². The number of carboxylic acids is 1. The number of aromatic carboxylic acids is 1. The minimum Gasteiger partial charge on any atom is -0.478 e. The highest BCUT2D eigenvalue weighted by Gasteiger charge is 2.09. The van der Waals surface area contributed by atoms with Crippen molar-refractivity contribution in [3.05, 3.63) is 50.2 Å². The third kappa shape index (κ3) is 3.28. The molecule has 0 spiro atoms. The second kappa shape index (κ2) is 5.63. The number of hydrogen-bond acceptors (Lipinski definition) is 3. The topological polar surface area (TPSA) is 49.3 Å². The first kappa shape index (κ1) is 13.9. The first-order chi connectivity index (χ1) is 8.97. The molecule has 3 nitrogen and oxygen atoms in total. The van der Waals surface area contributed by atoms with Gasteiger partial charge in [-0.3, -0.25) is 0 Å². The summed E-state index contributed by atoms with van der Waals surface area (Å²) in [6, 6.07) is 7.03. The van der Waals surface area contributed by atoms with Gasteiger partial charge in [-0.25, -0.2) is 4.79 Å². The van der Waals surface area contributed by atoms with Gasteiger partial charge < -0.3 is 10.4 Å². The maximum absolute atomic E-state index is 10.8. The maximum Gasteiger partial charge on any atom is 0.337 e. The monoisotopic (exact) mass is 295 g/mol. The van der Waals surface area contributed by atoms with Crippen molar-refractivity contribution in [3.8, 4) is 0 Å². The molecular formula is C14H14ClNO2S. The summed E-state index contributed by atoms with van der Waals surface area (Å²) < 4.78 is 0. The van der Waals surface area contributed by atoms with Crippen LogP contribution >= 0.6 is 22.9 Å². The molecule has 0 bridgehead atoms. The number of thiophene rings is 1. The number of carbonyl (C=O) groups is 1. The van der Waals surface area contributed by atoms with Gasteiger partial charge in [0, 0.05) is 22.0 Å². The van der Waals surface area contributed by atoms with E-state index in [1.807, 2.05) is 0 Å². The number of carboxylic acid groups (broad SMARTS) is 1. The molecule has 1 aromatic carbocycles. The Kier molecular flexibility index (Phi) is 4.12. The summed E-state index contributed by atoms with van der Waals surface area (Å²) in [6.45, 7) is 4.90. The van der Waals surface area contributed by atoms with Crippen molar-refractivity contribution < 1.29 is 9.90 Å². The van der Waals surface area contributed by atoms with Gasteiger partial charge in [0.1, 0.15) is 0 Å². The van der Waals surface area contributed by atoms with Crippen molar-refractivity contribution in [3.63, 3.8) is 0 Å². The van der Waals surface area contributed by atoms with Crippen LogP contribution in [-0.4, -0.2) is 11.1 Å². The Morgan fingerprint density at radius 1 is 1.37 bits per heavy atom. The molecule has 100 valence electrons. The summed E-state index contributed by atoms with van der Waals surface area (Å²) in [6.07, 6.45) is 0. The van der Waals surface area contributed by atoms with Gasteiger partial charge in [0.15, 0.2) is 0 Å². The van der Waals surface area contributed by atoms with Crippen LogP contribution < -0.4 is 5.32 Å². The predicted molar refractivity (Wildman–Crippen MR) is 79.5 cm³/mol. The molecule has 0 saturated carbocycles. The smallest absolute Gasteiger partial charge is 0.337 e. The van der Waals surface area contributed by atoms with E-state index >= 15 is 0 Å². The summed E-state index contributed by atoms with van der Waals surface area (Å²) in [5, 5.41) is 12.4. The second-order valence-corrected chi connectivity index (χ2v) is 6.05. The van der Waals surface area contributed by atoms with Crippen LogP contribution in [0.3, 0.4) is 0 Å². The molecule has 0 atom stereocenters. The molecule has 0 unspecified atom stereocenters. The number of benzene rings is 1. The Morgan fingerprint density at radius 2 is 2.11 bits per heavy atom. The van der Waals surface area contributed by atoms with Crippen LogP contribution in [0.2, 0.25) is 5.02 Å². The zero-order chi connectivity index (χ0) is 14.0. The highest BCUT2D eigenvalue weighted by molar-refractivity contribution is 7.12. The van der Waals surface area contributed by atoms with Gasteiger partial charge in [0.25, 0.3) is 0 Å². The van der Waals surface area contributed by atoms with Crippen LogP contribution in [0.4, 0.5) is 5.69 Å². The van der Waals surface area contributed by atoms with Gasteiger partial charge in [0.05, 0.1) is 10.6 Å². The summed E-state index contributed by atoms with van der Waals surface area (Å²) in [5.41, 5.74) is 2.23. The molecule has 2 rings (SSSR count). The summed E-state index contributed by atoms with van der Waals surface area (Å²) in [5.74, 6) is -1.01. The van der Waals surface area contributed by atoms with Crippen LogP contribution in [0.1, 0.15) is 25.7 Å². The molecular weight excluding hydrogens is 282 g/mol. The second-order valence-electron chi connectivity index (χ2n) is 4.31. The number of nitrogens with one attached hydrogen (secondary N) is 1. The lowest BCUT2D eigenvalue weighted by Crippen LogP contribution is -2.00. The van der Waals surface area contributed by atoms with Crippen molar-refractivity contribution in [2.45, 2.75) is 20.4 Å². The molecule has 5 heteroatoms. The number of rotatable bonds is 4. The molecule has 1 heterocycles. The van der Waals surface area contributed by atoms with Gasteiger partial charge in [-0.15, -0.1) is 11.3 Å².